The Morgan fingerprint density at radius 3 is 2.17 bits per heavy atom. The van der Waals surface area contributed by atoms with Crippen LogP contribution in [0.25, 0.3) is 0 Å². The van der Waals surface area contributed by atoms with Crippen LogP contribution in [0, 0.1) is 5.82 Å². The lowest BCUT2D eigenvalue weighted by Gasteiger charge is -2.25. The highest BCUT2D eigenvalue weighted by atomic mass is 19.4. The lowest BCUT2D eigenvalue weighted by molar-refractivity contribution is -0.274. The molecule has 0 bridgehead atoms. The average molecular weight is 561 g/mol. The van der Waals surface area contributed by atoms with Crippen molar-refractivity contribution in [2.75, 3.05) is 5.32 Å². The molecule has 9 nitrogen and oxygen atoms in total. The molecule has 1 heterocycles. The molecule has 0 fully saturated rings. The molecule has 0 saturated heterocycles. The highest BCUT2D eigenvalue weighted by Crippen LogP contribution is 2.40. The lowest BCUT2D eigenvalue weighted by atomic mass is 9.52. The van der Waals surface area contributed by atoms with Crippen molar-refractivity contribution >= 4 is 41.0 Å². The van der Waals surface area contributed by atoms with Crippen LogP contribution in [0.5, 0.6) is 28.7 Å². The monoisotopic (exact) mass is 561 g/mol. The maximum absolute atomic E-state index is 15.3. The SMILES string of the molecule is [B]C([B])([B])Oc1cc(OC(F)(F)F)ccc1Oc1ccc(OC(F)F)c(F)c1C(=O)Nc1ccnc(C(N)=O)c1. The van der Waals surface area contributed by atoms with Crippen molar-refractivity contribution in [2.24, 2.45) is 5.73 Å². The normalized spacial score (nSPS) is 11.6. The molecule has 0 atom stereocenters. The van der Waals surface area contributed by atoms with Gasteiger partial charge in [0.15, 0.2) is 23.1 Å². The van der Waals surface area contributed by atoms with E-state index in [9.17, 15) is 31.5 Å². The third kappa shape index (κ3) is 8.25. The van der Waals surface area contributed by atoms with Crippen molar-refractivity contribution in [3.8, 4) is 28.7 Å². The summed E-state index contributed by atoms with van der Waals surface area (Å²) >= 11 is 0. The number of nitrogens with two attached hydrogens (primary N) is 1. The number of hydrogen-bond acceptors (Lipinski definition) is 7. The van der Waals surface area contributed by atoms with Crippen molar-refractivity contribution in [3.63, 3.8) is 0 Å². The molecule has 18 heteroatoms. The van der Waals surface area contributed by atoms with Gasteiger partial charge in [0.05, 0.1) is 0 Å². The number of carbonyl (C=O) groups is 2. The molecular formula is C22H12B3F6N3O6. The van der Waals surface area contributed by atoms with Gasteiger partial charge in [-0.05, 0) is 41.7 Å². The van der Waals surface area contributed by atoms with Crippen LogP contribution >= 0.6 is 0 Å². The maximum atomic E-state index is 15.3. The third-order valence-corrected chi connectivity index (χ3v) is 4.44. The number of aromatic nitrogens is 1. The number of nitrogens with one attached hydrogen (secondary N) is 1. The Balaban J connectivity index is 2.08. The second kappa shape index (κ2) is 11.7. The number of primary amides is 1. The molecule has 6 radical (unpaired) electrons. The van der Waals surface area contributed by atoms with Crippen LogP contribution < -0.4 is 30.0 Å². The molecule has 0 spiro atoms. The second-order valence-corrected chi connectivity index (χ2v) is 7.59. The molecular weight excluding hydrogens is 549 g/mol. The minimum Gasteiger partial charge on any atom is -0.512 e. The van der Waals surface area contributed by atoms with Gasteiger partial charge in [-0.15, -0.1) is 13.2 Å². The molecule has 1 aromatic heterocycles. The van der Waals surface area contributed by atoms with Crippen LogP contribution in [0.15, 0.2) is 48.7 Å². The van der Waals surface area contributed by atoms with E-state index in [-0.39, 0.29) is 11.4 Å². The Hall–Kier alpha value is -4.50. The number of ether oxygens (including phenoxy) is 4. The summed E-state index contributed by atoms with van der Waals surface area (Å²) in [5, 5.41) is -0.261. The minimum absolute atomic E-state index is 0.115. The largest absolute Gasteiger partial charge is 0.573 e. The first kappa shape index (κ1) is 30.1. The van der Waals surface area contributed by atoms with Crippen molar-refractivity contribution in [1.82, 2.24) is 4.98 Å². The summed E-state index contributed by atoms with van der Waals surface area (Å²) in [5.74, 6) is -7.62. The first-order valence-electron chi connectivity index (χ1n) is 10.5. The number of hydrogen-bond donors (Lipinski definition) is 2. The Kier molecular flexibility index (Phi) is 8.80. The quantitative estimate of drug-likeness (QED) is 0.288. The Labute approximate surface area is 225 Å². The molecule has 202 valence electrons. The van der Waals surface area contributed by atoms with Crippen molar-refractivity contribution in [2.45, 2.75) is 18.3 Å². The summed E-state index contributed by atoms with van der Waals surface area (Å²) in [6, 6.07) is 5.97. The number of alkyl halides is 5. The van der Waals surface area contributed by atoms with Crippen LogP contribution in [0.1, 0.15) is 20.8 Å². The van der Waals surface area contributed by atoms with Crippen LogP contribution in [0.4, 0.5) is 32.0 Å². The van der Waals surface area contributed by atoms with Gasteiger partial charge in [-0.2, -0.15) is 8.78 Å². The predicted octanol–water partition coefficient (Wildman–Crippen LogP) is 3.36. The maximum Gasteiger partial charge on any atom is 0.573 e. The molecule has 0 aliphatic rings. The van der Waals surface area contributed by atoms with Gasteiger partial charge >= 0.3 is 13.0 Å². The number of nitrogens with zero attached hydrogens (tertiary/aromatic N) is 1. The molecule has 40 heavy (non-hydrogen) atoms. The number of rotatable bonds is 10. The first-order valence-corrected chi connectivity index (χ1v) is 10.5. The van der Waals surface area contributed by atoms with Gasteiger partial charge in [0, 0.05) is 18.0 Å². The van der Waals surface area contributed by atoms with Crippen molar-refractivity contribution in [3.05, 3.63) is 65.7 Å². The Morgan fingerprint density at radius 2 is 1.57 bits per heavy atom. The molecule has 0 saturated carbocycles. The fourth-order valence-corrected chi connectivity index (χ4v) is 3.02. The van der Waals surface area contributed by atoms with Gasteiger partial charge in [0.1, 0.15) is 46.3 Å². The number of anilines is 1. The lowest BCUT2D eigenvalue weighted by Crippen LogP contribution is -2.37. The smallest absolute Gasteiger partial charge is 0.512 e. The highest BCUT2D eigenvalue weighted by Gasteiger charge is 2.32. The zero-order chi connectivity index (χ0) is 29.8. The van der Waals surface area contributed by atoms with E-state index in [4.69, 9.17) is 38.7 Å². The molecule has 3 rings (SSSR count). The topological polar surface area (TPSA) is 122 Å². The average Bonchev–Trinajstić information content (AvgIpc) is 2.80. The molecule has 0 aliphatic heterocycles. The molecule has 0 unspecified atom stereocenters. The van der Waals surface area contributed by atoms with E-state index in [0.29, 0.717) is 12.1 Å². The molecule has 0 aliphatic carbocycles. The van der Waals surface area contributed by atoms with E-state index in [1.54, 1.807) is 0 Å². The van der Waals surface area contributed by atoms with E-state index in [0.717, 1.165) is 30.5 Å². The van der Waals surface area contributed by atoms with E-state index < -0.39 is 70.2 Å². The minimum atomic E-state index is -5.11. The third-order valence-electron chi connectivity index (χ3n) is 4.44. The summed E-state index contributed by atoms with van der Waals surface area (Å²) in [6.07, 6.45) is -4.02. The Bertz CT molecular complexity index is 1420. The number of halogens is 6. The number of benzene rings is 2. The standard InChI is InChI=1S/C22H12B3F6N3O6/c23-21(24,25)40-15-8-10(39-22(29,30)31)1-2-12(15)37-13-3-4-14(38-20(27)28)17(26)16(13)19(36)34-9-5-6-33-11(7-9)18(32)35/h1-8,20H,(H2,32,35)(H,33,34,36). The molecule has 2 aromatic carbocycles. The predicted molar refractivity (Wildman–Crippen MR) is 128 cm³/mol. The van der Waals surface area contributed by atoms with Crippen LogP contribution in [-0.4, -0.2) is 58.6 Å². The summed E-state index contributed by atoms with van der Waals surface area (Å²) in [7, 11) is 16.1. The second-order valence-electron chi connectivity index (χ2n) is 7.59. The van der Waals surface area contributed by atoms with Gasteiger partial charge in [-0.3, -0.25) is 14.6 Å². The van der Waals surface area contributed by atoms with E-state index >= 15 is 4.39 Å². The number of pyridine rings is 1. The molecule has 3 N–H and O–H groups in total. The van der Waals surface area contributed by atoms with Crippen molar-refractivity contribution < 1.29 is 54.9 Å². The van der Waals surface area contributed by atoms with E-state index in [1.165, 1.54) is 6.07 Å². The first-order chi connectivity index (χ1) is 18.5. The van der Waals surface area contributed by atoms with Gasteiger partial charge in [-0.25, -0.2) is 4.39 Å². The molecule has 3 aromatic rings. The van der Waals surface area contributed by atoms with Crippen molar-refractivity contribution in [1.29, 1.82) is 0 Å². The summed E-state index contributed by atoms with van der Waals surface area (Å²) in [5.41, 5.74) is 3.73. The van der Waals surface area contributed by atoms with Crippen LogP contribution in [-0.2, 0) is 0 Å². The zero-order valence-electron chi connectivity index (χ0n) is 19.7. The van der Waals surface area contributed by atoms with Gasteiger partial charge in [0.2, 0.25) is 0 Å². The fourth-order valence-electron chi connectivity index (χ4n) is 3.02. The van der Waals surface area contributed by atoms with E-state index in [1.807, 2.05) is 0 Å². The summed E-state index contributed by atoms with van der Waals surface area (Å²) in [6.45, 7) is -3.48. The van der Waals surface area contributed by atoms with Gasteiger partial charge in [-0.1, -0.05) is 0 Å². The number of carbonyl (C=O) groups excluding carboxylic acids is 2. The zero-order valence-corrected chi connectivity index (χ0v) is 19.7. The number of amides is 2. The van der Waals surface area contributed by atoms with Crippen LogP contribution in [0.2, 0.25) is 0 Å². The Morgan fingerprint density at radius 1 is 0.925 bits per heavy atom. The fraction of sp³-hybridized carbons (Fsp3) is 0.136. The summed E-state index contributed by atoms with van der Waals surface area (Å²) < 4.78 is 97.2. The van der Waals surface area contributed by atoms with Gasteiger partial charge < -0.3 is 30.0 Å². The van der Waals surface area contributed by atoms with Gasteiger partial charge in [0.25, 0.3) is 11.8 Å². The van der Waals surface area contributed by atoms with Crippen LogP contribution in [0.3, 0.4) is 0 Å². The summed E-state index contributed by atoms with van der Waals surface area (Å²) in [4.78, 5) is 28.1. The van der Waals surface area contributed by atoms with E-state index in [2.05, 4.69) is 19.8 Å². The molecule has 2 amide bonds. The highest BCUT2D eigenvalue weighted by molar-refractivity contribution is 6.58.